The van der Waals surface area contributed by atoms with Gasteiger partial charge in [0.1, 0.15) is 53.5 Å². The zero-order valence-electron chi connectivity index (χ0n) is 78.9. The fraction of sp³-hybridized carbons (Fsp3) is 0.583. The Bertz CT molecular complexity index is 5590. The highest BCUT2D eigenvalue weighted by molar-refractivity contribution is 7.89. The Labute approximate surface area is 787 Å². The zero-order chi connectivity index (χ0) is 96.0. The minimum atomic E-state index is -3.65. The van der Waals surface area contributed by atoms with Crippen molar-refractivity contribution >= 4 is 85.1 Å². The first-order chi connectivity index (χ1) is 65.0. The number of carbonyl (C=O) groups excluding carboxylic acids is 6. The number of piperidine rings is 1. The Morgan fingerprint density at radius 2 is 1.53 bits per heavy atom. The van der Waals surface area contributed by atoms with Gasteiger partial charge in [0, 0.05) is 146 Å². The van der Waals surface area contributed by atoms with Gasteiger partial charge in [-0.3, -0.25) is 24.0 Å². The van der Waals surface area contributed by atoms with Crippen molar-refractivity contribution in [3.05, 3.63) is 127 Å². The Kier molecular flexibility index (Phi) is 35.9. The highest BCUT2D eigenvalue weighted by Gasteiger charge is 2.53. The standard InChI is InChI=1S/C96H131N19O19S/c1-60-19-12-11-13-20-61(2)80(126-8)53-73-27-24-66(7)96(123,134-73)89(120)92(121)113-33-16-14-23-76(113)93(122)132-81(54-78(116)62(3)48-65(6)87(119)88(128-10)86(118)64(5)47-60)63(4)49-67-25-28-75(82(50-67)127-9)115-77(57-104-108-115)69-22-18-21-68(51-69)71-55-100-95(101-56-71)110-35-37-112(38-36-110)135(124,125)46-31-72-58-111(109-106-72)39-41-130-43-45-131-44-42-129-40-30-83(117)99-32-15-17-34-114-91-84(90(97)102-59-103-91)85(107-114)70-26-29-79-74(52-70)105-94(98)133-79/h11-13,18-22,26,29,48,51-52,55-60,62-64,66-67,73,75-76,80-82,87-88,119,123H,14-17,23-25,27-28,30-47,49-50,53-54H2,1-10H3,(H2,98,105)(H,99,117)(H2,97,102,103)/b13-11+,19-12+,61-20+,65-48+/t60-,62-,63-,64-,66-,67+,73+,75+,76+,80+,81+,82-,87-,88+,96-/m1/s1. The molecule has 2 amide bonds. The number of unbranched alkanes of at least 4 members (excludes halogenated alkanes) is 1. The quantitative estimate of drug-likeness (QED) is 0.0113. The summed E-state index contributed by atoms with van der Waals surface area (Å²) in [6.45, 7) is 17.3. The number of aliphatic hydroxyl groups is 2. The Morgan fingerprint density at radius 3 is 2.29 bits per heavy atom. The summed E-state index contributed by atoms with van der Waals surface area (Å²) in [6, 6.07) is 12.0. The first kappa shape index (κ1) is 102. The molecule has 0 radical (unpaired) electrons. The van der Waals surface area contributed by atoms with Crippen molar-refractivity contribution in [2.45, 2.75) is 219 Å². The fourth-order valence-electron chi connectivity index (χ4n) is 18.7. The number of amides is 2. The number of cyclic esters (lactones) is 1. The molecule has 2 bridgehead atoms. The average Bonchev–Trinajstić information content (AvgIpc) is 1.65. The minimum absolute atomic E-state index is 0.0114. The van der Waals surface area contributed by atoms with Crippen LogP contribution < -0.4 is 21.7 Å². The number of benzene rings is 2. The summed E-state index contributed by atoms with van der Waals surface area (Å²) in [4.78, 5) is 111. The number of rotatable bonds is 32. The molecule has 2 aromatic carbocycles. The van der Waals surface area contributed by atoms with E-state index < -0.39 is 93.7 Å². The number of fused-ring (bicyclic) bond motifs is 5. The molecule has 5 aliphatic rings. The van der Waals surface area contributed by atoms with Gasteiger partial charge in [-0.15, -0.1) is 10.2 Å². The molecular formula is C96H131N19O19S. The number of anilines is 3. The van der Waals surface area contributed by atoms with Gasteiger partial charge in [-0.2, -0.15) is 14.4 Å². The van der Waals surface area contributed by atoms with E-state index in [9.17, 15) is 47.4 Å². The van der Waals surface area contributed by atoms with E-state index in [1.54, 1.807) is 81.3 Å². The predicted molar refractivity (Wildman–Crippen MR) is 502 cm³/mol. The number of ether oxygens (including phenoxy) is 8. The van der Waals surface area contributed by atoms with Crippen LogP contribution in [0.3, 0.4) is 0 Å². The summed E-state index contributed by atoms with van der Waals surface area (Å²) >= 11 is 0. The second-order valence-corrected chi connectivity index (χ2v) is 38.4. The first-order valence-electron chi connectivity index (χ1n) is 47.1. The molecule has 15 atom stereocenters. The predicted octanol–water partition coefficient (Wildman–Crippen LogP) is 9.21. The number of nitrogens with zero attached hydrogens (tertiary/aromatic N) is 16. The SMILES string of the molecule is CO[C@H]1C[C@@H]2CC[C@@H](C)[C@@](O)(O2)C(=O)C(=O)N2CCCC[C@H]2C(=O)O[C@H]([C@H](C)C[C@@H]2CC[C@H](n3nncc3-c3cccc(-c4cnc(N5CCN(S(=O)(=O)CCc6cn(CCOCCOCCOCCC(=O)NCCCCn7nc(-c8ccc9oc(N)nc9c8)c8c(N)ncnc87)nn6)CC5)nc4)c3)[C@H](OC)C2)CC(=O)[C@H](C)/C=C(\C)[C@@H](O)[C@@H](OC)C(=O)[C@H](C)C[C@H](C)/C=C/C=C/C=C/1C. The number of aryl methyl sites for hydroxylation is 2. The Balaban J connectivity index is 0.544. The number of hydrogen-bond acceptors (Lipinski definition) is 32. The molecule has 135 heavy (non-hydrogen) atoms. The number of ketones is 3. The molecule has 730 valence electrons. The third-order valence-corrected chi connectivity index (χ3v) is 28.5. The fourth-order valence-corrected chi connectivity index (χ4v) is 20.2. The second kappa shape index (κ2) is 47.8. The van der Waals surface area contributed by atoms with Crippen LogP contribution in [-0.4, -0.2) is 282 Å². The van der Waals surface area contributed by atoms with Crippen LogP contribution in [0.1, 0.15) is 157 Å². The molecule has 4 aliphatic heterocycles. The van der Waals surface area contributed by atoms with Crippen LogP contribution in [0.2, 0.25) is 0 Å². The van der Waals surface area contributed by atoms with Gasteiger partial charge in [0.25, 0.3) is 17.7 Å². The number of hydrogen-bond donors (Lipinski definition) is 5. The molecule has 10 heterocycles. The van der Waals surface area contributed by atoms with Gasteiger partial charge >= 0.3 is 5.97 Å². The van der Waals surface area contributed by atoms with Crippen LogP contribution >= 0.6 is 0 Å². The summed E-state index contributed by atoms with van der Waals surface area (Å²) in [6.07, 6.45) is 21.3. The van der Waals surface area contributed by atoms with Gasteiger partial charge in [-0.25, -0.2) is 47.2 Å². The van der Waals surface area contributed by atoms with E-state index in [1.165, 1.54) is 22.6 Å². The molecule has 1 aliphatic carbocycles. The number of nitrogens with one attached hydrogen (secondary N) is 1. The van der Waals surface area contributed by atoms with Crippen molar-refractivity contribution in [1.29, 1.82) is 0 Å². The number of Topliss-reactive ketones (excluding diaryl/α,β-unsaturated/α-hetero) is 3. The van der Waals surface area contributed by atoms with E-state index in [-0.39, 0.29) is 112 Å². The number of methoxy groups -OCH3 is 3. The van der Waals surface area contributed by atoms with Crippen LogP contribution in [-0.2, 0) is 96.2 Å². The number of piperazine rings is 1. The molecule has 3 saturated heterocycles. The zero-order valence-corrected chi connectivity index (χ0v) is 79.8. The summed E-state index contributed by atoms with van der Waals surface area (Å²) in [7, 11) is 0.967. The lowest BCUT2D eigenvalue weighted by Crippen LogP contribution is -2.61. The van der Waals surface area contributed by atoms with Crippen molar-refractivity contribution in [2.24, 2.45) is 35.5 Å². The third-order valence-electron chi connectivity index (χ3n) is 26.7. The molecule has 6 aromatic heterocycles. The lowest BCUT2D eigenvalue weighted by Gasteiger charge is -2.42. The molecule has 1 saturated carbocycles. The van der Waals surface area contributed by atoms with Gasteiger partial charge in [-0.1, -0.05) is 99.7 Å². The molecule has 8 aromatic rings. The van der Waals surface area contributed by atoms with Gasteiger partial charge in [0.2, 0.25) is 27.7 Å². The maximum atomic E-state index is 15.0. The number of oxazole rings is 1. The molecule has 4 fully saturated rings. The van der Waals surface area contributed by atoms with Crippen molar-refractivity contribution in [2.75, 3.05) is 122 Å². The van der Waals surface area contributed by atoms with Crippen molar-refractivity contribution < 1.29 is 89.7 Å². The number of carbonyl (C=O) groups is 6. The van der Waals surface area contributed by atoms with Gasteiger partial charge in [0.15, 0.2) is 17.0 Å². The number of aliphatic hydroxyl groups excluding tert-OH is 1. The molecular weight excluding hydrogens is 1760 g/mol. The molecule has 39 heteroatoms. The number of nitrogen functional groups attached to an aromatic ring is 2. The van der Waals surface area contributed by atoms with E-state index in [2.05, 4.69) is 40.9 Å². The first-order valence-corrected chi connectivity index (χ1v) is 48.7. The van der Waals surface area contributed by atoms with E-state index in [4.69, 9.17) is 68.8 Å². The maximum Gasteiger partial charge on any atom is 0.329 e. The van der Waals surface area contributed by atoms with Crippen molar-refractivity contribution in [3.63, 3.8) is 0 Å². The summed E-state index contributed by atoms with van der Waals surface area (Å²) in [5, 5.41) is 49.9. The minimum Gasteiger partial charge on any atom is -0.460 e. The van der Waals surface area contributed by atoms with E-state index in [0.29, 0.717) is 181 Å². The number of sulfonamides is 1. The monoisotopic (exact) mass is 1890 g/mol. The van der Waals surface area contributed by atoms with E-state index in [1.807, 2.05) is 104 Å². The van der Waals surface area contributed by atoms with Crippen LogP contribution in [0, 0.1) is 35.5 Å². The molecule has 7 N–H and O–H groups in total. The normalized spacial score (nSPS) is 26.6. The van der Waals surface area contributed by atoms with E-state index >= 15 is 0 Å². The summed E-state index contributed by atoms with van der Waals surface area (Å²) in [5.74, 6) is -8.07. The van der Waals surface area contributed by atoms with Crippen LogP contribution in [0.5, 0.6) is 0 Å². The number of esters is 1. The largest absolute Gasteiger partial charge is 0.460 e. The van der Waals surface area contributed by atoms with E-state index in [0.717, 1.165) is 39.9 Å². The van der Waals surface area contributed by atoms with Crippen LogP contribution in [0.15, 0.2) is 126 Å². The summed E-state index contributed by atoms with van der Waals surface area (Å²) in [5.41, 5.74) is 20.2. The van der Waals surface area contributed by atoms with Gasteiger partial charge < -0.3 is 79.1 Å². The van der Waals surface area contributed by atoms with Crippen LogP contribution in [0.25, 0.3) is 55.8 Å². The van der Waals surface area contributed by atoms with Crippen molar-refractivity contribution in [3.8, 4) is 33.6 Å². The lowest BCUT2D eigenvalue weighted by molar-refractivity contribution is -0.265. The topological polar surface area (TPSA) is 481 Å². The molecule has 38 nitrogen and oxygen atoms in total. The highest BCUT2D eigenvalue weighted by Crippen LogP contribution is 2.43. The molecule has 13 rings (SSSR count). The van der Waals surface area contributed by atoms with Gasteiger partial charge in [0.05, 0.1) is 99.3 Å². The van der Waals surface area contributed by atoms with Gasteiger partial charge in [-0.05, 0) is 150 Å². The van der Waals surface area contributed by atoms with Crippen LogP contribution in [0.4, 0.5) is 17.8 Å². The average molecular weight is 1890 g/mol. The lowest BCUT2D eigenvalue weighted by atomic mass is 9.77. The summed E-state index contributed by atoms with van der Waals surface area (Å²) < 4.78 is 87.3. The number of nitrogens with two attached hydrogens (primary N) is 2. The third kappa shape index (κ3) is 26.1. The highest BCUT2D eigenvalue weighted by atomic mass is 32.2. The molecule has 0 spiro atoms. The Morgan fingerprint density at radius 1 is 0.763 bits per heavy atom. The maximum absolute atomic E-state index is 15.0. The number of aromatic nitrogens is 13. The Hall–Kier alpha value is -10.9. The number of allylic oxidation sites excluding steroid dienone is 6. The second-order valence-electron chi connectivity index (χ2n) is 36.3. The molecule has 0 unspecified atom stereocenters. The smallest absolute Gasteiger partial charge is 0.329 e. The van der Waals surface area contributed by atoms with Crippen molar-refractivity contribution in [1.82, 2.24) is 79.2 Å².